The van der Waals surface area contributed by atoms with Crippen LogP contribution in [0.2, 0.25) is 0 Å². The Morgan fingerprint density at radius 2 is 2.07 bits per heavy atom. The van der Waals surface area contributed by atoms with Crippen molar-refractivity contribution in [3.63, 3.8) is 0 Å². The average Bonchev–Trinajstić information content (AvgIpc) is 2.67. The van der Waals surface area contributed by atoms with E-state index in [2.05, 4.69) is 24.5 Å². The Morgan fingerprint density at radius 1 is 1.50 bits per heavy atom. The van der Waals surface area contributed by atoms with Crippen LogP contribution < -0.4 is 10.6 Å². The van der Waals surface area contributed by atoms with Gasteiger partial charge in [-0.3, -0.25) is 4.79 Å². The zero-order valence-electron chi connectivity index (χ0n) is 9.68. The van der Waals surface area contributed by atoms with Crippen molar-refractivity contribution >= 4 is 5.91 Å². The van der Waals surface area contributed by atoms with Crippen molar-refractivity contribution in [1.29, 1.82) is 0 Å². The molecule has 1 aliphatic rings. The van der Waals surface area contributed by atoms with E-state index in [4.69, 9.17) is 0 Å². The fraction of sp³-hybridized carbons (Fsp3) is 0.909. The molecule has 0 saturated heterocycles. The highest BCUT2D eigenvalue weighted by Gasteiger charge is 2.45. The maximum absolute atomic E-state index is 11.3. The molecular formula is C11H22N2O. The number of hydrogen-bond donors (Lipinski definition) is 2. The van der Waals surface area contributed by atoms with Gasteiger partial charge in [-0.2, -0.15) is 0 Å². The van der Waals surface area contributed by atoms with Crippen LogP contribution in [-0.4, -0.2) is 25.0 Å². The largest absolute Gasteiger partial charge is 0.355 e. The summed E-state index contributed by atoms with van der Waals surface area (Å²) in [6.45, 7) is 9.84. The standard InChI is InChI=1S/C11H22N2O/c1-8(2)12-7-10(14)13-6-9-5-11(9,3)4/h8-9,12H,5-7H2,1-4H3,(H,13,14). The first-order valence-corrected chi connectivity index (χ1v) is 5.42. The van der Waals surface area contributed by atoms with Crippen molar-refractivity contribution in [3.05, 3.63) is 0 Å². The minimum Gasteiger partial charge on any atom is -0.355 e. The number of amides is 1. The average molecular weight is 198 g/mol. The van der Waals surface area contributed by atoms with Gasteiger partial charge in [0.25, 0.3) is 0 Å². The maximum Gasteiger partial charge on any atom is 0.233 e. The van der Waals surface area contributed by atoms with Crippen LogP contribution in [0.5, 0.6) is 0 Å². The first-order chi connectivity index (χ1) is 6.42. The lowest BCUT2D eigenvalue weighted by Crippen LogP contribution is -2.37. The first-order valence-electron chi connectivity index (χ1n) is 5.42. The molecule has 3 nitrogen and oxygen atoms in total. The molecule has 14 heavy (non-hydrogen) atoms. The van der Waals surface area contributed by atoms with Crippen molar-refractivity contribution in [2.75, 3.05) is 13.1 Å². The van der Waals surface area contributed by atoms with Crippen LogP contribution in [0, 0.1) is 11.3 Å². The fourth-order valence-electron chi connectivity index (χ4n) is 1.52. The van der Waals surface area contributed by atoms with Crippen molar-refractivity contribution in [2.24, 2.45) is 11.3 Å². The normalized spacial score (nSPS) is 23.6. The Kier molecular flexibility index (Phi) is 3.53. The van der Waals surface area contributed by atoms with Crippen LogP contribution in [0.25, 0.3) is 0 Å². The van der Waals surface area contributed by atoms with E-state index in [9.17, 15) is 4.79 Å². The molecule has 0 radical (unpaired) electrons. The number of hydrogen-bond acceptors (Lipinski definition) is 2. The third-order valence-corrected chi connectivity index (χ3v) is 2.93. The van der Waals surface area contributed by atoms with E-state index in [1.165, 1.54) is 6.42 Å². The van der Waals surface area contributed by atoms with Crippen molar-refractivity contribution < 1.29 is 4.79 Å². The molecule has 82 valence electrons. The fourth-order valence-corrected chi connectivity index (χ4v) is 1.52. The predicted octanol–water partition coefficient (Wildman–Crippen LogP) is 1.15. The summed E-state index contributed by atoms with van der Waals surface area (Å²) in [6, 6.07) is 0.373. The summed E-state index contributed by atoms with van der Waals surface area (Å²) in [7, 11) is 0. The Labute approximate surface area is 86.6 Å². The minimum absolute atomic E-state index is 0.112. The van der Waals surface area contributed by atoms with E-state index in [0.717, 1.165) is 6.54 Å². The molecule has 0 aromatic rings. The van der Waals surface area contributed by atoms with Gasteiger partial charge < -0.3 is 10.6 Å². The lowest BCUT2D eigenvalue weighted by atomic mass is 10.1. The Bertz CT molecular complexity index is 211. The van der Waals surface area contributed by atoms with Gasteiger partial charge >= 0.3 is 0 Å². The van der Waals surface area contributed by atoms with E-state index >= 15 is 0 Å². The highest BCUT2D eigenvalue weighted by Crippen LogP contribution is 2.50. The molecule has 0 aromatic heterocycles. The van der Waals surface area contributed by atoms with Gasteiger partial charge in [0.15, 0.2) is 0 Å². The van der Waals surface area contributed by atoms with Crippen LogP contribution in [0.3, 0.4) is 0 Å². The lowest BCUT2D eigenvalue weighted by Gasteiger charge is -2.09. The van der Waals surface area contributed by atoms with E-state index in [-0.39, 0.29) is 5.91 Å². The second kappa shape index (κ2) is 4.30. The van der Waals surface area contributed by atoms with Gasteiger partial charge in [-0.05, 0) is 17.8 Å². The van der Waals surface area contributed by atoms with Crippen LogP contribution in [-0.2, 0) is 4.79 Å². The molecule has 0 aliphatic heterocycles. The topological polar surface area (TPSA) is 41.1 Å². The van der Waals surface area contributed by atoms with Crippen LogP contribution >= 0.6 is 0 Å². The summed E-state index contributed by atoms with van der Waals surface area (Å²) < 4.78 is 0. The second-order valence-corrected chi connectivity index (χ2v) is 5.23. The molecule has 1 saturated carbocycles. The zero-order chi connectivity index (χ0) is 10.8. The molecule has 0 heterocycles. The van der Waals surface area contributed by atoms with Crippen LogP contribution in [0.1, 0.15) is 34.1 Å². The molecule has 0 spiro atoms. The van der Waals surface area contributed by atoms with Gasteiger partial charge in [0.2, 0.25) is 5.91 Å². The molecule has 2 N–H and O–H groups in total. The highest BCUT2D eigenvalue weighted by molar-refractivity contribution is 5.78. The molecule has 1 rings (SSSR count). The Hall–Kier alpha value is -0.570. The van der Waals surface area contributed by atoms with Crippen LogP contribution in [0.15, 0.2) is 0 Å². The molecule has 1 amide bonds. The van der Waals surface area contributed by atoms with Gasteiger partial charge in [0.05, 0.1) is 6.54 Å². The van der Waals surface area contributed by atoms with Crippen molar-refractivity contribution in [2.45, 2.75) is 40.2 Å². The van der Waals surface area contributed by atoms with E-state index in [0.29, 0.717) is 23.9 Å². The first kappa shape index (κ1) is 11.5. The van der Waals surface area contributed by atoms with Crippen molar-refractivity contribution in [3.8, 4) is 0 Å². The molecule has 1 unspecified atom stereocenters. The number of carbonyl (C=O) groups is 1. The van der Waals surface area contributed by atoms with Crippen LogP contribution in [0.4, 0.5) is 0 Å². The van der Waals surface area contributed by atoms with E-state index in [1.54, 1.807) is 0 Å². The lowest BCUT2D eigenvalue weighted by molar-refractivity contribution is -0.120. The number of carbonyl (C=O) groups excluding carboxylic acids is 1. The van der Waals surface area contributed by atoms with Gasteiger partial charge in [-0.15, -0.1) is 0 Å². The maximum atomic E-state index is 11.3. The van der Waals surface area contributed by atoms with E-state index < -0.39 is 0 Å². The number of rotatable bonds is 5. The predicted molar refractivity (Wildman–Crippen MR) is 58.0 cm³/mol. The quantitative estimate of drug-likeness (QED) is 0.695. The summed E-state index contributed by atoms with van der Waals surface area (Å²) in [6.07, 6.45) is 1.24. The molecule has 1 fully saturated rings. The molecule has 3 heteroatoms. The molecule has 1 aliphatic carbocycles. The van der Waals surface area contributed by atoms with Crippen molar-refractivity contribution in [1.82, 2.24) is 10.6 Å². The summed E-state index contributed by atoms with van der Waals surface area (Å²) in [5.74, 6) is 0.798. The third kappa shape index (κ3) is 3.66. The second-order valence-electron chi connectivity index (χ2n) is 5.23. The summed E-state index contributed by atoms with van der Waals surface area (Å²) in [5, 5.41) is 6.05. The Morgan fingerprint density at radius 3 is 2.50 bits per heavy atom. The van der Waals surface area contributed by atoms with Gasteiger partial charge in [-0.1, -0.05) is 27.7 Å². The van der Waals surface area contributed by atoms with Gasteiger partial charge in [-0.25, -0.2) is 0 Å². The third-order valence-electron chi connectivity index (χ3n) is 2.93. The van der Waals surface area contributed by atoms with E-state index in [1.807, 2.05) is 13.8 Å². The number of nitrogens with one attached hydrogen (secondary N) is 2. The smallest absolute Gasteiger partial charge is 0.233 e. The summed E-state index contributed by atoms with van der Waals surface area (Å²) in [5.41, 5.74) is 0.457. The molecule has 0 bridgehead atoms. The SMILES string of the molecule is CC(C)NCC(=O)NCC1CC1(C)C. The monoisotopic (exact) mass is 198 g/mol. The van der Waals surface area contributed by atoms with Gasteiger partial charge in [0, 0.05) is 12.6 Å². The van der Waals surface area contributed by atoms with Gasteiger partial charge in [0.1, 0.15) is 0 Å². The molecule has 1 atom stereocenters. The summed E-state index contributed by atoms with van der Waals surface area (Å²) >= 11 is 0. The minimum atomic E-state index is 0.112. The molecule has 0 aromatic carbocycles. The highest BCUT2D eigenvalue weighted by atomic mass is 16.1. The zero-order valence-corrected chi connectivity index (χ0v) is 9.68. The summed E-state index contributed by atoms with van der Waals surface area (Å²) in [4.78, 5) is 11.3. The Balaban J connectivity index is 2.05. The molecular weight excluding hydrogens is 176 g/mol.